The summed E-state index contributed by atoms with van der Waals surface area (Å²) < 4.78 is 14.0. The van der Waals surface area contributed by atoms with Crippen LogP contribution in [0.5, 0.6) is 11.5 Å². The van der Waals surface area contributed by atoms with Gasteiger partial charge in [0, 0.05) is 11.1 Å². The molecule has 2 aromatic heterocycles. The summed E-state index contributed by atoms with van der Waals surface area (Å²) in [6.45, 7) is 2.82. The topological polar surface area (TPSA) is 87.4 Å². The van der Waals surface area contributed by atoms with E-state index >= 15 is 0 Å². The lowest BCUT2D eigenvalue weighted by Gasteiger charge is -2.11. The van der Waals surface area contributed by atoms with Crippen molar-refractivity contribution in [2.75, 3.05) is 19.0 Å². The Hall–Kier alpha value is -4.59. The zero-order chi connectivity index (χ0) is 25.1. The van der Waals surface area contributed by atoms with Gasteiger partial charge in [-0.05, 0) is 55.0 Å². The fourth-order valence-electron chi connectivity index (χ4n) is 4.30. The van der Waals surface area contributed by atoms with E-state index in [1.165, 1.54) is 0 Å². The Kier molecular flexibility index (Phi) is 6.40. The number of carbonyl (C=O) groups excluding carboxylic acids is 1. The van der Waals surface area contributed by atoms with Gasteiger partial charge in [-0.3, -0.25) is 14.2 Å². The first-order chi connectivity index (χ1) is 17.6. The van der Waals surface area contributed by atoms with Crippen LogP contribution in [-0.4, -0.2) is 33.7 Å². The Morgan fingerprint density at radius 1 is 0.972 bits per heavy atom. The Balaban J connectivity index is 1.49. The Bertz CT molecular complexity index is 1590. The molecule has 0 aliphatic heterocycles. The van der Waals surface area contributed by atoms with Gasteiger partial charge in [-0.25, -0.2) is 4.98 Å². The lowest BCUT2D eigenvalue weighted by Crippen LogP contribution is -2.25. The standard InChI is InChI=1S/C28H26N4O4/c1-3-36-22-14-10-20(11-15-22)30-25(33)17-32-24-7-5-4-6-23(24)26-27(32)28(34)31(18-29-26)16-19-8-12-21(35-2)13-9-19/h4-15,18H,3,16-17H2,1-2H3,(H,30,33). The maximum Gasteiger partial charge on any atom is 0.278 e. The molecule has 0 atom stereocenters. The number of ether oxygens (including phenoxy) is 2. The molecule has 5 rings (SSSR count). The van der Waals surface area contributed by atoms with Gasteiger partial charge in [-0.2, -0.15) is 0 Å². The zero-order valence-corrected chi connectivity index (χ0v) is 20.1. The highest BCUT2D eigenvalue weighted by molar-refractivity contribution is 6.06. The fraction of sp³-hybridized carbons (Fsp3) is 0.179. The van der Waals surface area contributed by atoms with Crippen molar-refractivity contribution in [2.24, 2.45) is 0 Å². The number of anilines is 1. The molecule has 182 valence electrons. The molecule has 0 fully saturated rings. The van der Waals surface area contributed by atoms with Crippen LogP contribution in [0.1, 0.15) is 12.5 Å². The van der Waals surface area contributed by atoms with Crippen molar-refractivity contribution in [3.8, 4) is 11.5 Å². The van der Waals surface area contributed by atoms with E-state index in [0.717, 1.165) is 28.0 Å². The predicted octanol–water partition coefficient (Wildman–Crippen LogP) is 4.45. The minimum absolute atomic E-state index is 0.0271. The first-order valence-corrected chi connectivity index (χ1v) is 11.7. The van der Waals surface area contributed by atoms with E-state index in [2.05, 4.69) is 10.3 Å². The number of rotatable bonds is 8. The third-order valence-electron chi connectivity index (χ3n) is 6.00. The molecule has 0 unspecified atom stereocenters. The van der Waals surface area contributed by atoms with Crippen LogP contribution in [0.3, 0.4) is 0 Å². The number of aromatic nitrogens is 3. The maximum atomic E-state index is 13.6. The Labute approximate surface area is 207 Å². The largest absolute Gasteiger partial charge is 0.497 e. The summed E-state index contributed by atoms with van der Waals surface area (Å²) in [5.74, 6) is 1.24. The fourth-order valence-corrected chi connectivity index (χ4v) is 4.30. The first-order valence-electron chi connectivity index (χ1n) is 11.7. The van der Waals surface area contributed by atoms with Gasteiger partial charge in [-0.1, -0.05) is 30.3 Å². The van der Waals surface area contributed by atoms with Crippen LogP contribution in [0.15, 0.2) is 83.9 Å². The predicted molar refractivity (Wildman–Crippen MR) is 140 cm³/mol. The molecular weight excluding hydrogens is 456 g/mol. The average molecular weight is 483 g/mol. The van der Waals surface area contributed by atoms with Gasteiger partial charge in [0.15, 0.2) is 0 Å². The van der Waals surface area contributed by atoms with Crippen LogP contribution in [-0.2, 0) is 17.9 Å². The zero-order valence-electron chi connectivity index (χ0n) is 20.1. The lowest BCUT2D eigenvalue weighted by molar-refractivity contribution is -0.116. The van der Waals surface area contributed by atoms with Crippen molar-refractivity contribution in [3.05, 3.63) is 95.0 Å². The number of amides is 1. The van der Waals surface area contributed by atoms with E-state index in [-0.39, 0.29) is 18.0 Å². The van der Waals surface area contributed by atoms with E-state index < -0.39 is 0 Å². The number of methoxy groups -OCH3 is 1. The molecule has 0 saturated heterocycles. The third kappa shape index (κ3) is 4.53. The van der Waals surface area contributed by atoms with Crippen molar-refractivity contribution in [1.82, 2.24) is 14.1 Å². The SMILES string of the molecule is CCOc1ccc(NC(=O)Cn2c3ccccc3c3ncn(Cc4ccc(OC)cc4)c(=O)c32)cc1. The lowest BCUT2D eigenvalue weighted by atomic mass is 10.2. The van der Waals surface area contributed by atoms with Crippen LogP contribution in [0, 0.1) is 0 Å². The molecule has 2 heterocycles. The maximum absolute atomic E-state index is 13.6. The molecule has 0 radical (unpaired) electrons. The molecular formula is C28H26N4O4. The van der Waals surface area contributed by atoms with Crippen LogP contribution >= 0.6 is 0 Å². The van der Waals surface area contributed by atoms with Crippen LogP contribution in [0.25, 0.3) is 21.9 Å². The van der Waals surface area contributed by atoms with Gasteiger partial charge in [0.25, 0.3) is 5.56 Å². The van der Waals surface area contributed by atoms with E-state index in [0.29, 0.717) is 29.9 Å². The number of hydrogen-bond donors (Lipinski definition) is 1. The third-order valence-corrected chi connectivity index (χ3v) is 6.00. The summed E-state index contributed by atoms with van der Waals surface area (Å²) in [6.07, 6.45) is 1.56. The molecule has 0 bridgehead atoms. The number of nitrogens with zero attached hydrogens (tertiary/aromatic N) is 3. The molecule has 3 aromatic carbocycles. The van der Waals surface area contributed by atoms with E-state index in [1.54, 1.807) is 46.8 Å². The highest BCUT2D eigenvalue weighted by Crippen LogP contribution is 2.25. The Morgan fingerprint density at radius 2 is 1.69 bits per heavy atom. The normalized spacial score (nSPS) is 11.1. The van der Waals surface area contributed by atoms with E-state index in [1.807, 2.05) is 55.5 Å². The molecule has 1 amide bonds. The number of benzene rings is 3. The highest BCUT2D eigenvalue weighted by Gasteiger charge is 2.18. The van der Waals surface area contributed by atoms with Crippen molar-refractivity contribution >= 4 is 33.5 Å². The number of nitrogens with one attached hydrogen (secondary N) is 1. The summed E-state index contributed by atoms with van der Waals surface area (Å²) in [4.78, 5) is 31.2. The van der Waals surface area contributed by atoms with Crippen molar-refractivity contribution < 1.29 is 14.3 Å². The minimum atomic E-state index is -0.244. The molecule has 36 heavy (non-hydrogen) atoms. The molecule has 5 aromatic rings. The van der Waals surface area contributed by atoms with Gasteiger partial charge in [-0.15, -0.1) is 0 Å². The second-order valence-electron chi connectivity index (χ2n) is 8.33. The van der Waals surface area contributed by atoms with E-state index in [4.69, 9.17) is 9.47 Å². The monoisotopic (exact) mass is 482 g/mol. The smallest absolute Gasteiger partial charge is 0.278 e. The summed E-state index contributed by atoms with van der Waals surface area (Å²) in [5.41, 5.74) is 3.14. The van der Waals surface area contributed by atoms with Crippen molar-refractivity contribution in [2.45, 2.75) is 20.0 Å². The summed E-state index contributed by atoms with van der Waals surface area (Å²) in [6, 6.07) is 22.3. The Morgan fingerprint density at radius 3 is 2.42 bits per heavy atom. The average Bonchev–Trinajstić information content (AvgIpc) is 3.21. The van der Waals surface area contributed by atoms with Gasteiger partial charge in [0.2, 0.25) is 5.91 Å². The van der Waals surface area contributed by atoms with Gasteiger partial charge in [0.1, 0.15) is 29.1 Å². The van der Waals surface area contributed by atoms with E-state index in [9.17, 15) is 9.59 Å². The molecule has 0 aliphatic rings. The highest BCUT2D eigenvalue weighted by atomic mass is 16.5. The second kappa shape index (κ2) is 9.95. The van der Waals surface area contributed by atoms with Crippen LogP contribution in [0.2, 0.25) is 0 Å². The summed E-state index contributed by atoms with van der Waals surface area (Å²) in [5, 5.41) is 3.74. The molecule has 8 nitrogen and oxygen atoms in total. The summed E-state index contributed by atoms with van der Waals surface area (Å²) in [7, 11) is 1.61. The minimum Gasteiger partial charge on any atom is -0.497 e. The van der Waals surface area contributed by atoms with Crippen LogP contribution in [0.4, 0.5) is 5.69 Å². The van der Waals surface area contributed by atoms with Gasteiger partial charge in [0.05, 0.1) is 32.1 Å². The molecule has 0 saturated carbocycles. The molecule has 0 aliphatic carbocycles. The van der Waals surface area contributed by atoms with Crippen molar-refractivity contribution in [1.29, 1.82) is 0 Å². The second-order valence-corrected chi connectivity index (χ2v) is 8.33. The van der Waals surface area contributed by atoms with Gasteiger partial charge >= 0.3 is 0 Å². The first kappa shape index (κ1) is 23.2. The number of carbonyl (C=O) groups is 1. The molecule has 0 spiro atoms. The van der Waals surface area contributed by atoms with Gasteiger partial charge < -0.3 is 19.4 Å². The molecule has 1 N–H and O–H groups in total. The number of fused-ring (bicyclic) bond motifs is 3. The number of para-hydroxylation sites is 1. The van der Waals surface area contributed by atoms with Crippen LogP contribution < -0.4 is 20.3 Å². The summed E-state index contributed by atoms with van der Waals surface area (Å²) >= 11 is 0. The quantitative estimate of drug-likeness (QED) is 0.353. The van der Waals surface area contributed by atoms with Crippen molar-refractivity contribution in [3.63, 3.8) is 0 Å². The molecule has 8 heteroatoms. The number of hydrogen-bond acceptors (Lipinski definition) is 5.